The van der Waals surface area contributed by atoms with E-state index in [4.69, 9.17) is 4.74 Å². The van der Waals surface area contributed by atoms with Gasteiger partial charge in [0.05, 0.1) is 5.70 Å². The molecule has 0 aromatic heterocycles. The first-order chi connectivity index (χ1) is 8.74. The highest BCUT2D eigenvalue weighted by atomic mass is 16.5. The van der Waals surface area contributed by atoms with E-state index in [1.54, 1.807) is 31.4 Å². The van der Waals surface area contributed by atoms with Crippen molar-refractivity contribution in [2.24, 2.45) is 0 Å². The van der Waals surface area contributed by atoms with Gasteiger partial charge in [-0.15, -0.1) is 0 Å². The smallest absolute Gasteiger partial charge is 0.209 e. The number of rotatable bonds is 5. The Balaban J connectivity index is 2.11. The van der Waals surface area contributed by atoms with Gasteiger partial charge in [0.1, 0.15) is 0 Å². The van der Waals surface area contributed by atoms with Crippen molar-refractivity contribution in [1.82, 2.24) is 5.32 Å². The second kappa shape index (κ2) is 5.60. The molecule has 1 aromatic rings. The molecule has 0 spiro atoms. The van der Waals surface area contributed by atoms with Crippen LogP contribution in [0.25, 0.3) is 0 Å². The molecule has 2 rings (SSSR count). The molecule has 0 atom stereocenters. The summed E-state index contributed by atoms with van der Waals surface area (Å²) < 4.78 is 4.92. The molecule has 0 amide bonds. The SMILES string of the molecule is COCCCNC1=CC(=O)c2ccccc2C1=O. The average molecular weight is 245 g/mol. The van der Waals surface area contributed by atoms with Gasteiger partial charge in [-0.05, 0) is 6.42 Å². The van der Waals surface area contributed by atoms with Crippen molar-refractivity contribution < 1.29 is 14.3 Å². The summed E-state index contributed by atoms with van der Waals surface area (Å²) in [7, 11) is 1.63. The Labute approximate surface area is 106 Å². The Morgan fingerprint density at radius 3 is 2.61 bits per heavy atom. The molecule has 4 heteroatoms. The van der Waals surface area contributed by atoms with Crippen LogP contribution in [-0.2, 0) is 4.74 Å². The Morgan fingerprint density at radius 1 is 1.17 bits per heavy atom. The van der Waals surface area contributed by atoms with Gasteiger partial charge < -0.3 is 10.1 Å². The Hall–Kier alpha value is -1.94. The zero-order chi connectivity index (χ0) is 13.0. The zero-order valence-corrected chi connectivity index (χ0v) is 10.2. The van der Waals surface area contributed by atoms with E-state index in [9.17, 15) is 9.59 Å². The number of benzene rings is 1. The summed E-state index contributed by atoms with van der Waals surface area (Å²) in [5.41, 5.74) is 1.32. The molecule has 1 aliphatic rings. The summed E-state index contributed by atoms with van der Waals surface area (Å²) in [6.07, 6.45) is 2.16. The van der Waals surface area contributed by atoms with E-state index in [0.717, 1.165) is 6.42 Å². The summed E-state index contributed by atoms with van der Waals surface area (Å²) in [4.78, 5) is 23.9. The molecule has 4 nitrogen and oxygen atoms in total. The molecule has 0 aliphatic heterocycles. The number of Topliss-reactive ketones (excluding diaryl/α,β-unsaturated/α-hetero) is 1. The number of nitrogens with one attached hydrogen (secondary N) is 1. The fraction of sp³-hybridized carbons (Fsp3) is 0.286. The fourth-order valence-electron chi connectivity index (χ4n) is 1.89. The molecule has 0 fully saturated rings. The van der Waals surface area contributed by atoms with Gasteiger partial charge >= 0.3 is 0 Å². The molecule has 1 aliphatic carbocycles. The van der Waals surface area contributed by atoms with Crippen molar-refractivity contribution in [3.8, 4) is 0 Å². The quantitative estimate of drug-likeness (QED) is 0.800. The highest BCUT2D eigenvalue weighted by Gasteiger charge is 2.24. The van der Waals surface area contributed by atoms with Gasteiger partial charge in [0.2, 0.25) is 5.78 Å². The topological polar surface area (TPSA) is 55.4 Å². The summed E-state index contributed by atoms with van der Waals surface area (Å²) >= 11 is 0. The lowest BCUT2D eigenvalue weighted by Gasteiger charge is -2.16. The van der Waals surface area contributed by atoms with Gasteiger partial charge in [0.15, 0.2) is 5.78 Å². The van der Waals surface area contributed by atoms with Crippen LogP contribution in [0.3, 0.4) is 0 Å². The standard InChI is InChI=1S/C14H15NO3/c1-18-8-4-7-15-12-9-13(16)10-5-2-3-6-11(10)14(12)17/h2-3,5-6,9,15H,4,7-8H2,1H3. The summed E-state index contributed by atoms with van der Waals surface area (Å²) in [5.74, 6) is -0.248. The molecule has 0 heterocycles. The third kappa shape index (κ3) is 2.49. The maximum absolute atomic E-state index is 12.1. The summed E-state index contributed by atoms with van der Waals surface area (Å²) in [6.45, 7) is 1.24. The lowest BCUT2D eigenvalue weighted by molar-refractivity contribution is 0.0977. The molecule has 18 heavy (non-hydrogen) atoms. The number of ether oxygens (including phenoxy) is 1. The number of carbonyl (C=O) groups is 2. The Bertz CT molecular complexity index is 506. The first-order valence-electron chi connectivity index (χ1n) is 5.86. The van der Waals surface area contributed by atoms with E-state index in [-0.39, 0.29) is 11.6 Å². The van der Waals surface area contributed by atoms with Crippen LogP contribution >= 0.6 is 0 Å². The number of methoxy groups -OCH3 is 1. The van der Waals surface area contributed by atoms with E-state index in [2.05, 4.69) is 5.32 Å². The minimum atomic E-state index is -0.126. The van der Waals surface area contributed by atoms with Crippen LogP contribution in [0.15, 0.2) is 36.0 Å². The number of ketones is 2. The summed E-state index contributed by atoms with van der Waals surface area (Å²) in [5, 5.41) is 2.99. The third-order valence-electron chi connectivity index (χ3n) is 2.80. The molecule has 0 bridgehead atoms. The predicted octanol–water partition coefficient (Wildman–Crippen LogP) is 1.58. The van der Waals surface area contributed by atoms with Crippen molar-refractivity contribution in [1.29, 1.82) is 0 Å². The van der Waals surface area contributed by atoms with E-state index < -0.39 is 0 Å². The van der Waals surface area contributed by atoms with Gasteiger partial charge in [-0.2, -0.15) is 0 Å². The summed E-state index contributed by atoms with van der Waals surface area (Å²) in [6, 6.07) is 6.87. The van der Waals surface area contributed by atoms with Crippen molar-refractivity contribution >= 4 is 11.6 Å². The van der Waals surface area contributed by atoms with E-state index >= 15 is 0 Å². The van der Waals surface area contributed by atoms with Gasteiger partial charge in [0.25, 0.3) is 0 Å². The van der Waals surface area contributed by atoms with Crippen LogP contribution in [0.5, 0.6) is 0 Å². The minimum Gasteiger partial charge on any atom is -0.385 e. The number of carbonyl (C=O) groups excluding carboxylic acids is 2. The third-order valence-corrected chi connectivity index (χ3v) is 2.80. The largest absolute Gasteiger partial charge is 0.385 e. The van der Waals surface area contributed by atoms with E-state index in [0.29, 0.717) is 30.0 Å². The van der Waals surface area contributed by atoms with Crippen LogP contribution in [0.4, 0.5) is 0 Å². The van der Waals surface area contributed by atoms with Crippen molar-refractivity contribution in [3.63, 3.8) is 0 Å². The maximum atomic E-state index is 12.1. The van der Waals surface area contributed by atoms with Crippen LogP contribution < -0.4 is 5.32 Å². The van der Waals surface area contributed by atoms with Crippen molar-refractivity contribution in [3.05, 3.63) is 47.2 Å². The molecular formula is C14H15NO3. The van der Waals surface area contributed by atoms with Crippen molar-refractivity contribution in [2.45, 2.75) is 6.42 Å². The average Bonchev–Trinajstić information content (AvgIpc) is 2.40. The second-order valence-corrected chi connectivity index (χ2v) is 4.07. The highest BCUT2D eigenvalue weighted by molar-refractivity contribution is 6.24. The maximum Gasteiger partial charge on any atom is 0.209 e. The lowest BCUT2D eigenvalue weighted by Crippen LogP contribution is -2.27. The Morgan fingerprint density at radius 2 is 1.89 bits per heavy atom. The highest BCUT2D eigenvalue weighted by Crippen LogP contribution is 2.19. The lowest BCUT2D eigenvalue weighted by atomic mass is 9.93. The molecule has 0 radical (unpaired) electrons. The molecule has 1 N–H and O–H groups in total. The first kappa shape index (κ1) is 12.5. The normalized spacial score (nSPS) is 14.2. The molecule has 1 aromatic carbocycles. The Kier molecular flexibility index (Phi) is 3.89. The zero-order valence-electron chi connectivity index (χ0n) is 10.2. The minimum absolute atomic E-state index is 0.123. The van der Waals surface area contributed by atoms with Gasteiger partial charge in [-0.1, -0.05) is 24.3 Å². The van der Waals surface area contributed by atoms with E-state index in [1.807, 2.05) is 0 Å². The molecule has 0 saturated carbocycles. The number of hydrogen-bond acceptors (Lipinski definition) is 4. The van der Waals surface area contributed by atoms with Crippen LogP contribution in [0.2, 0.25) is 0 Å². The molecule has 0 saturated heterocycles. The van der Waals surface area contributed by atoms with Crippen LogP contribution in [0, 0.1) is 0 Å². The van der Waals surface area contributed by atoms with E-state index in [1.165, 1.54) is 6.08 Å². The monoisotopic (exact) mass is 245 g/mol. The van der Waals surface area contributed by atoms with Gasteiger partial charge in [0, 0.05) is 37.5 Å². The van der Waals surface area contributed by atoms with Gasteiger partial charge in [-0.25, -0.2) is 0 Å². The van der Waals surface area contributed by atoms with Crippen molar-refractivity contribution in [2.75, 3.05) is 20.3 Å². The fourth-order valence-corrected chi connectivity index (χ4v) is 1.89. The number of hydrogen-bond donors (Lipinski definition) is 1. The van der Waals surface area contributed by atoms with Gasteiger partial charge in [-0.3, -0.25) is 9.59 Å². The molecular weight excluding hydrogens is 230 g/mol. The second-order valence-electron chi connectivity index (χ2n) is 4.07. The predicted molar refractivity (Wildman–Crippen MR) is 67.7 cm³/mol. The number of fused-ring (bicyclic) bond motifs is 1. The first-order valence-corrected chi connectivity index (χ1v) is 5.86. The number of allylic oxidation sites excluding steroid dienone is 2. The molecule has 94 valence electrons. The van der Waals surface area contributed by atoms with Crippen LogP contribution in [0.1, 0.15) is 27.1 Å². The van der Waals surface area contributed by atoms with Crippen LogP contribution in [-0.4, -0.2) is 31.8 Å². The molecule has 0 unspecified atom stereocenters.